The zero-order chi connectivity index (χ0) is 13.7. The Balaban J connectivity index is 1.86. The fourth-order valence-corrected chi connectivity index (χ4v) is 2.74. The third-order valence-electron chi connectivity index (χ3n) is 2.91. The summed E-state index contributed by atoms with van der Waals surface area (Å²) in [4.78, 5) is 0. The highest BCUT2D eigenvalue weighted by Crippen LogP contribution is 2.24. The van der Waals surface area contributed by atoms with Crippen LogP contribution in [0.2, 0.25) is 0 Å². The quantitative estimate of drug-likeness (QED) is 0.816. The van der Waals surface area contributed by atoms with E-state index in [-0.39, 0.29) is 0 Å². The number of para-hydroxylation sites is 1. The average Bonchev–Trinajstić information content (AvgIpc) is 2.38. The predicted molar refractivity (Wildman–Crippen MR) is 84.0 cm³/mol. The molecule has 1 N–H and O–H groups in total. The molecule has 2 nitrogen and oxygen atoms in total. The molecule has 0 heterocycles. The molecular formula is C16H18BrNO. The Bertz CT molecular complexity index is 517. The molecule has 3 heteroatoms. The van der Waals surface area contributed by atoms with Gasteiger partial charge in [0.1, 0.15) is 12.4 Å². The number of anilines is 1. The summed E-state index contributed by atoms with van der Waals surface area (Å²) in [5, 5.41) is 3.43. The van der Waals surface area contributed by atoms with Crippen LogP contribution >= 0.6 is 15.9 Å². The van der Waals surface area contributed by atoms with Crippen LogP contribution in [0.15, 0.2) is 46.9 Å². The molecule has 0 saturated carbocycles. The van der Waals surface area contributed by atoms with Gasteiger partial charge in [-0.2, -0.15) is 0 Å². The molecule has 0 atom stereocenters. The van der Waals surface area contributed by atoms with Gasteiger partial charge in [-0.3, -0.25) is 0 Å². The minimum Gasteiger partial charge on any atom is -0.492 e. The van der Waals surface area contributed by atoms with Crippen LogP contribution < -0.4 is 10.1 Å². The Morgan fingerprint density at radius 3 is 2.32 bits per heavy atom. The Hall–Kier alpha value is -1.48. The monoisotopic (exact) mass is 319 g/mol. The van der Waals surface area contributed by atoms with Gasteiger partial charge in [-0.15, -0.1) is 0 Å². The van der Waals surface area contributed by atoms with Crippen molar-refractivity contribution in [3.8, 4) is 5.75 Å². The third kappa shape index (κ3) is 4.00. The molecule has 19 heavy (non-hydrogen) atoms. The number of hydrogen-bond donors (Lipinski definition) is 1. The summed E-state index contributed by atoms with van der Waals surface area (Å²) in [5.41, 5.74) is 3.68. The van der Waals surface area contributed by atoms with Crippen LogP contribution in [-0.4, -0.2) is 13.2 Å². The van der Waals surface area contributed by atoms with Crippen molar-refractivity contribution in [2.24, 2.45) is 0 Å². The molecule has 0 spiro atoms. The van der Waals surface area contributed by atoms with Crippen molar-refractivity contribution in [1.29, 1.82) is 0 Å². The minimum absolute atomic E-state index is 0.652. The van der Waals surface area contributed by atoms with E-state index in [0.717, 1.165) is 16.8 Å². The largest absolute Gasteiger partial charge is 0.492 e. The van der Waals surface area contributed by atoms with Crippen molar-refractivity contribution < 1.29 is 4.74 Å². The molecule has 100 valence electrons. The van der Waals surface area contributed by atoms with Crippen molar-refractivity contribution in [3.05, 3.63) is 58.1 Å². The Morgan fingerprint density at radius 2 is 1.68 bits per heavy atom. The van der Waals surface area contributed by atoms with E-state index in [9.17, 15) is 0 Å². The summed E-state index contributed by atoms with van der Waals surface area (Å²) in [5.74, 6) is 0.911. The summed E-state index contributed by atoms with van der Waals surface area (Å²) in [6.45, 7) is 5.66. The van der Waals surface area contributed by atoms with Crippen molar-refractivity contribution in [2.45, 2.75) is 13.8 Å². The van der Waals surface area contributed by atoms with E-state index in [1.807, 2.05) is 30.3 Å². The van der Waals surface area contributed by atoms with Crippen LogP contribution in [0.5, 0.6) is 5.75 Å². The minimum atomic E-state index is 0.652. The van der Waals surface area contributed by atoms with Gasteiger partial charge in [0.2, 0.25) is 0 Å². The highest BCUT2D eigenvalue weighted by Gasteiger charge is 2.03. The maximum absolute atomic E-state index is 5.66. The first-order valence-corrected chi connectivity index (χ1v) is 7.14. The Kier molecular flexibility index (Phi) is 4.86. The van der Waals surface area contributed by atoms with Gasteiger partial charge in [-0.1, -0.05) is 34.1 Å². The molecule has 2 aromatic carbocycles. The summed E-state index contributed by atoms with van der Waals surface area (Å²) in [6, 6.07) is 14.1. The maximum atomic E-state index is 5.66. The van der Waals surface area contributed by atoms with E-state index in [1.54, 1.807) is 0 Å². The van der Waals surface area contributed by atoms with Gasteiger partial charge >= 0.3 is 0 Å². The predicted octanol–water partition coefficient (Wildman–Crippen LogP) is 4.56. The van der Waals surface area contributed by atoms with E-state index >= 15 is 0 Å². The normalized spacial score (nSPS) is 10.3. The van der Waals surface area contributed by atoms with Crippen molar-refractivity contribution in [3.63, 3.8) is 0 Å². The Labute approximate surface area is 122 Å². The second-order valence-corrected chi connectivity index (χ2v) is 5.42. The molecule has 0 bridgehead atoms. The summed E-state index contributed by atoms with van der Waals surface area (Å²) in [6.07, 6.45) is 0. The second-order valence-electron chi connectivity index (χ2n) is 4.50. The molecule has 0 aliphatic heterocycles. The van der Waals surface area contributed by atoms with Crippen molar-refractivity contribution in [2.75, 3.05) is 18.5 Å². The lowest BCUT2D eigenvalue weighted by Crippen LogP contribution is -2.13. The van der Waals surface area contributed by atoms with E-state index in [1.165, 1.54) is 16.8 Å². The van der Waals surface area contributed by atoms with E-state index in [0.29, 0.717) is 6.61 Å². The van der Waals surface area contributed by atoms with Crippen LogP contribution in [0.25, 0.3) is 0 Å². The number of nitrogens with one attached hydrogen (secondary N) is 1. The summed E-state index contributed by atoms with van der Waals surface area (Å²) >= 11 is 3.51. The molecule has 0 fully saturated rings. The summed E-state index contributed by atoms with van der Waals surface area (Å²) < 4.78 is 6.78. The van der Waals surface area contributed by atoms with Crippen molar-refractivity contribution in [1.82, 2.24) is 0 Å². The fraction of sp³-hybridized carbons (Fsp3) is 0.250. The number of benzene rings is 2. The number of hydrogen-bond acceptors (Lipinski definition) is 2. The lowest BCUT2D eigenvalue weighted by Gasteiger charge is -2.14. The van der Waals surface area contributed by atoms with Gasteiger partial charge in [-0.25, -0.2) is 0 Å². The molecule has 0 unspecified atom stereocenters. The van der Waals surface area contributed by atoms with Gasteiger partial charge in [0, 0.05) is 16.7 Å². The second kappa shape index (κ2) is 6.62. The third-order valence-corrected chi connectivity index (χ3v) is 3.37. The molecule has 0 aromatic heterocycles. The van der Waals surface area contributed by atoms with Crippen LogP contribution in [-0.2, 0) is 0 Å². The molecular weight excluding hydrogens is 302 g/mol. The van der Waals surface area contributed by atoms with Gasteiger partial charge in [-0.05, 0) is 49.2 Å². The number of rotatable bonds is 5. The maximum Gasteiger partial charge on any atom is 0.119 e. The molecule has 0 aliphatic carbocycles. The molecule has 2 rings (SSSR count). The lowest BCUT2D eigenvalue weighted by molar-refractivity contribution is 0.333. The van der Waals surface area contributed by atoms with E-state index in [2.05, 4.69) is 47.2 Å². The van der Waals surface area contributed by atoms with Gasteiger partial charge < -0.3 is 10.1 Å². The average molecular weight is 320 g/mol. The summed E-state index contributed by atoms with van der Waals surface area (Å²) in [7, 11) is 0. The topological polar surface area (TPSA) is 21.3 Å². The van der Waals surface area contributed by atoms with Crippen LogP contribution in [0.1, 0.15) is 11.1 Å². The van der Waals surface area contributed by atoms with Crippen molar-refractivity contribution >= 4 is 21.6 Å². The number of ether oxygens (including phenoxy) is 1. The van der Waals surface area contributed by atoms with Crippen LogP contribution in [0.4, 0.5) is 5.69 Å². The van der Waals surface area contributed by atoms with Gasteiger partial charge in [0.05, 0.1) is 0 Å². The first-order valence-electron chi connectivity index (χ1n) is 6.35. The van der Waals surface area contributed by atoms with Gasteiger partial charge in [0.25, 0.3) is 0 Å². The molecule has 0 amide bonds. The Morgan fingerprint density at radius 1 is 1.05 bits per heavy atom. The number of halogens is 1. The van der Waals surface area contributed by atoms with E-state index < -0.39 is 0 Å². The first kappa shape index (κ1) is 13.9. The molecule has 2 aromatic rings. The van der Waals surface area contributed by atoms with Gasteiger partial charge in [0.15, 0.2) is 0 Å². The SMILES string of the molecule is Cc1cc(Br)cc(C)c1NCCOc1ccccc1. The zero-order valence-electron chi connectivity index (χ0n) is 11.2. The lowest BCUT2D eigenvalue weighted by atomic mass is 10.1. The fourth-order valence-electron chi connectivity index (χ4n) is 2.05. The van der Waals surface area contributed by atoms with E-state index in [4.69, 9.17) is 4.74 Å². The molecule has 0 saturated heterocycles. The number of aryl methyl sites for hydroxylation is 2. The highest BCUT2D eigenvalue weighted by molar-refractivity contribution is 9.10. The molecule has 0 aliphatic rings. The highest BCUT2D eigenvalue weighted by atomic mass is 79.9. The standard InChI is InChI=1S/C16H18BrNO/c1-12-10-14(17)11-13(2)16(12)18-8-9-19-15-6-4-3-5-7-15/h3-7,10-11,18H,8-9H2,1-2H3. The van der Waals surface area contributed by atoms with Crippen LogP contribution in [0, 0.1) is 13.8 Å². The smallest absolute Gasteiger partial charge is 0.119 e. The molecule has 0 radical (unpaired) electrons. The first-order chi connectivity index (χ1) is 9.16. The zero-order valence-corrected chi connectivity index (χ0v) is 12.8. The van der Waals surface area contributed by atoms with Crippen LogP contribution in [0.3, 0.4) is 0 Å².